The molecule has 128 valence electrons. The van der Waals surface area contributed by atoms with Crippen LogP contribution < -0.4 is 10.6 Å². The number of aliphatic carboxylic acids is 2. The highest BCUT2D eigenvalue weighted by Gasteiger charge is 2.06. The first-order valence-corrected chi connectivity index (χ1v) is 7.78. The molecule has 0 aromatic heterocycles. The lowest BCUT2D eigenvalue weighted by Gasteiger charge is -2.10. The van der Waals surface area contributed by atoms with E-state index < -0.39 is 18.0 Å². The molecule has 9 heteroatoms. The number of amides is 1. The fraction of sp³-hybridized carbons (Fsp3) is 0.357. The van der Waals surface area contributed by atoms with Crippen molar-refractivity contribution in [1.29, 1.82) is 0 Å². The van der Waals surface area contributed by atoms with Gasteiger partial charge in [-0.15, -0.1) is 11.8 Å². The lowest BCUT2D eigenvalue weighted by Crippen LogP contribution is -2.32. The van der Waals surface area contributed by atoms with E-state index >= 15 is 0 Å². The van der Waals surface area contributed by atoms with E-state index in [1.165, 1.54) is 0 Å². The number of carboxylic acid groups (broad SMARTS) is 2. The van der Waals surface area contributed by atoms with Crippen molar-refractivity contribution in [2.24, 2.45) is 0 Å². The summed E-state index contributed by atoms with van der Waals surface area (Å²) in [6.07, 6.45) is 1.53. The molecule has 0 fully saturated rings. The van der Waals surface area contributed by atoms with Crippen LogP contribution in [0.15, 0.2) is 29.2 Å². The van der Waals surface area contributed by atoms with Crippen LogP contribution in [0, 0.1) is 0 Å². The standard InChI is InChI=1S/C12H18N2O2S.C2H2O4/c1-9(15)7-13-8-12(16)14-10-5-3-4-6-11(10)17-2;3-1(4)2(5)6/h3-6,9,13,15H,7-8H2,1-2H3,(H,14,16);(H,3,4)(H,5,6). The molecule has 1 aromatic carbocycles. The molecule has 1 aromatic rings. The first kappa shape index (κ1) is 20.9. The van der Waals surface area contributed by atoms with Crippen molar-refractivity contribution in [2.45, 2.75) is 17.9 Å². The van der Waals surface area contributed by atoms with Gasteiger partial charge in [-0.3, -0.25) is 4.79 Å². The van der Waals surface area contributed by atoms with Gasteiger partial charge in [0.25, 0.3) is 0 Å². The minimum Gasteiger partial charge on any atom is -0.473 e. The first-order valence-electron chi connectivity index (χ1n) is 6.55. The van der Waals surface area contributed by atoms with Gasteiger partial charge in [-0.1, -0.05) is 12.1 Å². The molecule has 1 amide bonds. The number of aliphatic hydroxyl groups excluding tert-OH is 1. The topological polar surface area (TPSA) is 136 Å². The average Bonchev–Trinajstić information content (AvgIpc) is 2.48. The Kier molecular flexibility index (Phi) is 10.4. The quantitative estimate of drug-likeness (QED) is 0.371. The maximum atomic E-state index is 11.6. The second-order valence-electron chi connectivity index (χ2n) is 4.34. The minimum absolute atomic E-state index is 0.104. The van der Waals surface area contributed by atoms with Gasteiger partial charge in [-0.05, 0) is 25.3 Å². The summed E-state index contributed by atoms with van der Waals surface area (Å²) in [5, 5.41) is 29.5. The van der Waals surface area contributed by atoms with Crippen LogP contribution in [0.5, 0.6) is 0 Å². The second kappa shape index (κ2) is 11.5. The van der Waals surface area contributed by atoms with Crippen LogP contribution in [0.4, 0.5) is 5.69 Å². The molecule has 0 saturated carbocycles. The van der Waals surface area contributed by atoms with Gasteiger partial charge in [0.15, 0.2) is 0 Å². The number of carbonyl (C=O) groups excluding carboxylic acids is 1. The van der Waals surface area contributed by atoms with E-state index in [0.29, 0.717) is 6.54 Å². The van der Waals surface area contributed by atoms with Crippen LogP contribution in [0.2, 0.25) is 0 Å². The minimum atomic E-state index is -1.82. The molecule has 0 heterocycles. The number of anilines is 1. The highest BCUT2D eigenvalue weighted by atomic mass is 32.2. The van der Waals surface area contributed by atoms with E-state index in [1.54, 1.807) is 18.7 Å². The highest BCUT2D eigenvalue weighted by molar-refractivity contribution is 7.98. The first-order chi connectivity index (χ1) is 10.8. The zero-order valence-electron chi connectivity index (χ0n) is 12.8. The molecular weight excluding hydrogens is 324 g/mol. The molecule has 0 saturated heterocycles. The van der Waals surface area contributed by atoms with Gasteiger partial charge in [0, 0.05) is 11.4 Å². The van der Waals surface area contributed by atoms with Crippen LogP contribution in [-0.2, 0) is 14.4 Å². The van der Waals surface area contributed by atoms with Crippen molar-refractivity contribution in [1.82, 2.24) is 5.32 Å². The Morgan fingerprint density at radius 3 is 2.22 bits per heavy atom. The van der Waals surface area contributed by atoms with Gasteiger partial charge in [0.1, 0.15) is 0 Å². The Hall–Kier alpha value is -2.10. The molecule has 0 radical (unpaired) electrons. The predicted molar refractivity (Wildman–Crippen MR) is 86.7 cm³/mol. The normalized spacial score (nSPS) is 10.9. The second-order valence-corrected chi connectivity index (χ2v) is 5.19. The van der Waals surface area contributed by atoms with Crippen molar-refractivity contribution in [2.75, 3.05) is 24.7 Å². The van der Waals surface area contributed by atoms with Crippen molar-refractivity contribution < 1.29 is 29.7 Å². The van der Waals surface area contributed by atoms with Crippen molar-refractivity contribution in [3.63, 3.8) is 0 Å². The van der Waals surface area contributed by atoms with Crippen molar-refractivity contribution >= 4 is 35.3 Å². The van der Waals surface area contributed by atoms with E-state index in [9.17, 15) is 4.79 Å². The molecule has 1 rings (SSSR count). The smallest absolute Gasteiger partial charge is 0.414 e. The van der Waals surface area contributed by atoms with Gasteiger partial charge in [-0.25, -0.2) is 9.59 Å². The molecule has 23 heavy (non-hydrogen) atoms. The maximum Gasteiger partial charge on any atom is 0.414 e. The zero-order chi connectivity index (χ0) is 17.8. The van der Waals surface area contributed by atoms with E-state index in [1.807, 2.05) is 30.5 Å². The Labute approximate surface area is 137 Å². The number of thioether (sulfide) groups is 1. The molecule has 0 spiro atoms. The Morgan fingerprint density at radius 1 is 1.17 bits per heavy atom. The molecule has 0 bridgehead atoms. The summed E-state index contributed by atoms with van der Waals surface area (Å²) in [7, 11) is 0. The molecule has 1 unspecified atom stereocenters. The number of carbonyl (C=O) groups is 3. The number of hydrogen-bond acceptors (Lipinski definition) is 6. The van der Waals surface area contributed by atoms with Crippen LogP contribution in [0.25, 0.3) is 0 Å². The van der Waals surface area contributed by atoms with E-state index in [2.05, 4.69) is 10.6 Å². The summed E-state index contributed by atoms with van der Waals surface area (Å²) >= 11 is 1.59. The number of hydrogen-bond donors (Lipinski definition) is 5. The third-order valence-electron chi connectivity index (χ3n) is 2.29. The number of aliphatic hydroxyl groups is 1. The number of benzene rings is 1. The number of para-hydroxylation sites is 1. The molecule has 0 aliphatic rings. The lowest BCUT2D eigenvalue weighted by atomic mass is 10.3. The number of carboxylic acids is 2. The molecule has 0 aliphatic heterocycles. The summed E-state index contributed by atoms with van der Waals surface area (Å²) < 4.78 is 0. The Bertz CT molecular complexity index is 524. The third kappa shape index (κ3) is 10.3. The van der Waals surface area contributed by atoms with Crippen LogP contribution in [0.3, 0.4) is 0 Å². The average molecular weight is 344 g/mol. The monoisotopic (exact) mass is 344 g/mol. The van der Waals surface area contributed by atoms with Crippen LogP contribution >= 0.6 is 11.8 Å². The molecular formula is C14H20N2O6S. The summed E-state index contributed by atoms with van der Waals surface area (Å²) in [5.41, 5.74) is 0.823. The zero-order valence-corrected chi connectivity index (χ0v) is 13.6. The third-order valence-corrected chi connectivity index (χ3v) is 3.09. The van der Waals surface area contributed by atoms with Gasteiger partial charge in [0.05, 0.1) is 18.3 Å². The summed E-state index contributed by atoms with van der Waals surface area (Å²) in [6, 6.07) is 7.66. The predicted octanol–water partition coefficient (Wildman–Crippen LogP) is 0.473. The molecule has 0 aliphatic carbocycles. The van der Waals surface area contributed by atoms with E-state index in [0.717, 1.165) is 10.6 Å². The number of rotatable bonds is 6. The van der Waals surface area contributed by atoms with Gasteiger partial charge in [-0.2, -0.15) is 0 Å². The van der Waals surface area contributed by atoms with Gasteiger partial charge < -0.3 is 26.0 Å². The van der Waals surface area contributed by atoms with Crippen LogP contribution in [-0.4, -0.2) is 58.6 Å². The molecule has 1 atom stereocenters. The maximum absolute atomic E-state index is 11.6. The largest absolute Gasteiger partial charge is 0.473 e. The van der Waals surface area contributed by atoms with E-state index in [4.69, 9.17) is 24.9 Å². The van der Waals surface area contributed by atoms with Gasteiger partial charge >= 0.3 is 11.9 Å². The summed E-state index contributed by atoms with van der Waals surface area (Å²) in [5.74, 6) is -3.75. The molecule has 8 nitrogen and oxygen atoms in total. The SMILES string of the molecule is CSc1ccccc1NC(=O)CNCC(C)O.O=C(O)C(=O)O. The highest BCUT2D eigenvalue weighted by Crippen LogP contribution is 2.24. The number of nitrogens with one attached hydrogen (secondary N) is 2. The van der Waals surface area contributed by atoms with Crippen LogP contribution in [0.1, 0.15) is 6.92 Å². The summed E-state index contributed by atoms with van der Waals surface area (Å²) in [4.78, 5) is 30.8. The Balaban J connectivity index is 0.000000688. The van der Waals surface area contributed by atoms with E-state index in [-0.39, 0.29) is 12.5 Å². The fourth-order valence-electron chi connectivity index (χ4n) is 1.34. The lowest BCUT2D eigenvalue weighted by molar-refractivity contribution is -0.159. The fourth-order valence-corrected chi connectivity index (χ4v) is 1.89. The Morgan fingerprint density at radius 2 is 1.74 bits per heavy atom. The van der Waals surface area contributed by atoms with Gasteiger partial charge in [0.2, 0.25) is 5.91 Å². The van der Waals surface area contributed by atoms with Crippen molar-refractivity contribution in [3.8, 4) is 0 Å². The van der Waals surface area contributed by atoms with Crippen molar-refractivity contribution in [3.05, 3.63) is 24.3 Å². The molecule has 5 N–H and O–H groups in total. The summed E-state index contributed by atoms with van der Waals surface area (Å²) in [6.45, 7) is 2.29.